The molecular formula is C22H23FN2O4. The third-order valence-corrected chi connectivity index (χ3v) is 4.72. The molecule has 0 fully saturated rings. The van der Waals surface area contributed by atoms with Crippen LogP contribution in [-0.4, -0.2) is 22.5 Å². The van der Waals surface area contributed by atoms with Gasteiger partial charge in [0.2, 0.25) is 0 Å². The van der Waals surface area contributed by atoms with Crippen LogP contribution in [0.5, 0.6) is 0 Å². The number of nitrogens with zero attached hydrogens (tertiary/aromatic N) is 1. The number of carbonyl (C=O) groups is 2. The normalized spacial score (nSPS) is 11.9. The molecule has 0 saturated carbocycles. The van der Waals surface area contributed by atoms with E-state index in [0.717, 1.165) is 22.7 Å². The Labute approximate surface area is 168 Å². The Morgan fingerprint density at radius 3 is 2.59 bits per heavy atom. The van der Waals surface area contributed by atoms with Gasteiger partial charge in [0.15, 0.2) is 6.10 Å². The summed E-state index contributed by atoms with van der Waals surface area (Å²) in [5.74, 6) is -0.549. The van der Waals surface area contributed by atoms with Gasteiger partial charge in [-0.1, -0.05) is 12.1 Å². The minimum atomic E-state index is -0.962. The summed E-state index contributed by atoms with van der Waals surface area (Å²) in [6, 6.07) is 11.2. The first-order chi connectivity index (χ1) is 13.8. The van der Waals surface area contributed by atoms with Crippen LogP contribution in [-0.2, 0) is 22.6 Å². The van der Waals surface area contributed by atoms with Gasteiger partial charge in [-0.05, 0) is 56.7 Å². The summed E-state index contributed by atoms with van der Waals surface area (Å²) in [4.78, 5) is 24.8. The molecule has 0 unspecified atom stereocenters. The summed E-state index contributed by atoms with van der Waals surface area (Å²) in [5.41, 5.74) is 2.79. The van der Waals surface area contributed by atoms with Crippen molar-refractivity contribution in [3.05, 3.63) is 82.8 Å². The highest BCUT2D eigenvalue weighted by Gasteiger charge is 2.22. The summed E-state index contributed by atoms with van der Waals surface area (Å²) in [6.07, 6.45) is 0.640. The Balaban J connectivity index is 1.60. The van der Waals surface area contributed by atoms with Crippen molar-refractivity contribution < 1.29 is 23.1 Å². The quantitative estimate of drug-likeness (QED) is 0.615. The maximum absolute atomic E-state index is 12.9. The van der Waals surface area contributed by atoms with E-state index in [1.807, 2.05) is 30.5 Å². The van der Waals surface area contributed by atoms with Crippen molar-refractivity contribution >= 4 is 11.9 Å². The van der Waals surface area contributed by atoms with Crippen molar-refractivity contribution in [3.63, 3.8) is 0 Å². The Morgan fingerprint density at radius 1 is 1.21 bits per heavy atom. The van der Waals surface area contributed by atoms with Crippen molar-refractivity contribution in [3.8, 4) is 0 Å². The number of ether oxygens (including phenoxy) is 1. The van der Waals surface area contributed by atoms with Gasteiger partial charge in [0, 0.05) is 17.9 Å². The van der Waals surface area contributed by atoms with Crippen molar-refractivity contribution in [1.82, 2.24) is 9.88 Å². The van der Waals surface area contributed by atoms with E-state index in [4.69, 9.17) is 9.15 Å². The summed E-state index contributed by atoms with van der Waals surface area (Å²) >= 11 is 0. The second-order valence-corrected chi connectivity index (χ2v) is 6.84. The number of aryl methyl sites for hydroxylation is 1. The molecule has 1 N–H and O–H groups in total. The van der Waals surface area contributed by atoms with E-state index in [0.29, 0.717) is 12.1 Å². The highest BCUT2D eigenvalue weighted by atomic mass is 19.1. The molecule has 1 aromatic carbocycles. The topological polar surface area (TPSA) is 73.5 Å². The molecule has 0 bridgehead atoms. The molecule has 3 rings (SSSR count). The van der Waals surface area contributed by atoms with Crippen LogP contribution in [0.4, 0.5) is 4.39 Å². The molecule has 1 amide bonds. The molecule has 1 atom stereocenters. The van der Waals surface area contributed by atoms with E-state index < -0.39 is 18.0 Å². The van der Waals surface area contributed by atoms with Gasteiger partial charge in [0.1, 0.15) is 11.6 Å². The van der Waals surface area contributed by atoms with Crippen LogP contribution in [0.25, 0.3) is 0 Å². The standard InChI is InChI=1S/C22H23FN2O4/c1-14-11-20(15(2)25(14)13-19-5-4-10-28-19)22(27)29-16(3)21(26)24-12-17-6-8-18(23)9-7-17/h4-11,16H,12-13H2,1-3H3,(H,24,26)/t16-/m0/s1. The van der Waals surface area contributed by atoms with E-state index in [2.05, 4.69) is 5.32 Å². The fraction of sp³-hybridized carbons (Fsp3) is 0.273. The van der Waals surface area contributed by atoms with Gasteiger partial charge in [-0.2, -0.15) is 0 Å². The first-order valence-electron chi connectivity index (χ1n) is 9.27. The number of aromatic nitrogens is 1. The molecule has 7 heteroatoms. The van der Waals surface area contributed by atoms with Gasteiger partial charge < -0.3 is 19.0 Å². The highest BCUT2D eigenvalue weighted by molar-refractivity contribution is 5.93. The smallest absolute Gasteiger partial charge is 0.340 e. The molecular weight excluding hydrogens is 375 g/mol. The average Bonchev–Trinajstić information content (AvgIpc) is 3.31. The van der Waals surface area contributed by atoms with Crippen molar-refractivity contribution in [2.45, 2.75) is 40.0 Å². The molecule has 0 aliphatic heterocycles. The number of esters is 1. The lowest BCUT2D eigenvalue weighted by molar-refractivity contribution is -0.129. The number of carbonyl (C=O) groups excluding carboxylic acids is 2. The number of halogens is 1. The number of benzene rings is 1. The summed E-state index contributed by atoms with van der Waals surface area (Å²) < 4.78 is 25.6. The van der Waals surface area contributed by atoms with Crippen LogP contribution in [0.1, 0.15) is 40.0 Å². The van der Waals surface area contributed by atoms with Crippen molar-refractivity contribution in [1.29, 1.82) is 0 Å². The molecule has 0 spiro atoms. The molecule has 0 aliphatic carbocycles. The van der Waals surface area contributed by atoms with Crippen molar-refractivity contribution in [2.75, 3.05) is 0 Å². The first kappa shape index (κ1) is 20.4. The maximum atomic E-state index is 12.9. The zero-order valence-electron chi connectivity index (χ0n) is 16.6. The van der Waals surface area contributed by atoms with Gasteiger partial charge >= 0.3 is 5.97 Å². The molecule has 0 aliphatic rings. The van der Waals surface area contributed by atoms with Crippen LogP contribution < -0.4 is 5.32 Å². The molecule has 29 heavy (non-hydrogen) atoms. The molecule has 152 valence electrons. The Hall–Kier alpha value is -3.35. The molecule has 0 radical (unpaired) electrons. The average molecular weight is 398 g/mol. The van der Waals surface area contributed by atoms with Crippen LogP contribution in [0.15, 0.2) is 53.1 Å². The van der Waals surface area contributed by atoms with Crippen LogP contribution in [0, 0.1) is 19.7 Å². The SMILES string of the molecule is Cc1cc(C(=O)O[C@@H](C)C(=O)NCc2ccc(F)cc2)c(C)n1Cc1ccco1. The molecule has 2 aromatic heterocycles. The van der Waals surface area contributed by atoms with Gasteiger partial charge in [-0.15, -0.1) is 0 Å². The van der Waals surface area contributed by atoms with E-state index in [9.17, 15) is 14.0 Å². The lowest BCUT2D eigenvalue weighted by Gasteiger charge is -2.14. The largest absolute Gasteiger partial charge is 0.467 e. The van der Waals surface area contributed by atoms with Crippen LogP contribution >= 0.6 is 0 Å². The second-order valence-electron chi connectivity index (χ2n) is 6.84. The molecule has 2 heterocycles. The van der Waals surface area contributed by atoms with E-state index >= 15 is 0 Å². The number of furan rings is 1. The second kappa shape index (κ2) is 8.77. The lowest BCUT2D eigenvalue weighted by atomic mass is 10.2. The third-order valence-electron chi connectivity index (χ3n) is 4.72. The summed E-state index contributed by atoms with van der Waals surface area (Å²) in [6.45, 7) is 5.96. The lowest BCUT2D eigenvalue weighted by Crippen LogP contribution is -2.35. The Bertz CT molecular complexity index is 991. The first-order valence-corrected chi connectivity index (χ1v) is 9.27. The summed E-state index contributed by atoms with van der Waals surface area (Å²) in [5, 5.41) is 2.68. The number of hydrogen-bond acceptors (Lipinski definition) is 4. The number of nitrogens with one attached hydrogen (secondary N) is 1. The Kier molecular flexibility index (Phi) is 6.16. The van der Waals surface area contributed by atoms with E-state index in [1.165, 1.54) is 19.1 Å². The van der Waals surface area contributed by atoms with Crippen molar-refractivity contribution in [2.24, 2.45) is 0 Å². The predicted octanol–water partition coefficient (Wildman–Crippen LogP) is 3.75. The number of rotatable bonds is 7. The van der Waals surface area contributed by atoms with E-state index in [-0.39, 0.29) is 12.4 Å². The van der Waals surface area contributed by atoms with Gasteiger partial charge in [0.05, 0.1) is 18.4 Å². The predicted molar refractivity (Wildman–Crippen MR) is 105 cm³/mol. The highest BCUT2D eigenvalue weighted by Crippen LogP contribution is 2.19. The molecule has 3 aromatic rings. The number of amides is 1. The van der Waals surface area contributed by atoms with Gasteiger partial charge in [0.25, 0.3) is 5.91 Å². The van der Waals surface area contributed by atoms with E-state index in [1.54, 1.807) is 24.5 Å². The monoisotopic (exact) mass is 398 g/mol. The fourth-order valence-corrected chi connectivity index (χ4v) is 3.02. The molecule has 0 saturated heterocycles. The van der Waals surface area contributed by atoms with Gasteiger partial charge in [-0.25, -0.2) is 9.18 Å². The van der Waals surface area contributed by atoms with Crippen LogP contribution in [0.2, 0.25) is 0 Å². The number of hydrogen-bond donors (Lipinski definition) is 1. The zero-order valence-corrected chi connectivity index (χ0v) is 16.6. The minimum Gasteiger partial charge on any atom is -0.467 e. The zero-order chi connectivity index (χ0) is 21.0. The summed E-state index contributed by atoms with van der Waals surface area (Å²) in [7, 11) is 0. The maximum Gasteiger partial charge on any atom is 0.340 e. The van der Waals surface area contributed by atoms with Gasteiger partial charge in [-0.3, -0.25) is 4.79 Å². The fourth-order valence-electron chi connectivity index (χ4n) is 3.02. The minimum absolute atomic E-state index is 0.221. The third kappa shape index (κ3) is 4.93. The Morgan fingerprint density at radius 2 is 1.93 bits per heavy atom. The van der Waals surface area contributed by atoms with Crippen LogP contribution in [0.3, 0.4) is 0 Å². The molecule has 6 nitrogen and oxygen atoms in total.